The lowest BCUT2D eigenvalue weighted by molar-refractivity contribution is -0.143. The quantitative estimate of drug-likeness (QED) is 0.600. The Labute approximate surface area is 89.5 Å². The van der Waals surface area contributed by atoms with Crippen LogP contribution in [0.5, 0.6) is 0 Å². The average Bonchev–Trinajstić information content (AvgIpc) is 2.11. The summed E-state index contributed by atoms with van der Waals surface area (Å²) < 4.78 is 0. The van der Waals surface area contributed by atoms with E-state index in [2.05, 4.69) is 5.32 Å². The second-order valence-corrected chi connectivity index (χ2v) is 3.82. The van der Waals surface area contributed by atoms with E-state index in [1.165, 1.54) is 6.92 Å². The number of aliphatic hydroxyl groups is 1. The van der Waals surface area contributed by atoms with Gasteiger partial charge in [-0.3, -0.25) is 4.79 Å². The molecule has 0 bridgehead atoms. The van der Waals surface area contributed by atoms with Crippen molar-refractivity contribution in [3.8, 4) is 0 Å². The lowest BCUT2D eigenvalue weighted by atomic mass is 9.99. The van der Waals surface area contributed by atoms with Crippen molar-refractivity contribution in [2.24, 2.45) is 5.92 Å². The van der Waals surface area contributed by atoms with Crippen molar-refractivity contribution >= 4 is 11.9 Å². The van der Waals surface area contributed by atoms with Gasteiger partial charge in [0.1, 0.15) is 6.04 Å². The van der Waals surface area contributed by atoms with Gasteiger partial charge in [0, 0.05) is 0 Å². The third-order valence-corrected chi connectivity index (χ3v) is 2.28. The molecule has 3 atom stereocenters. The Morgan fingerprint density at radius 1 is 1.33 bits per heavy atom. The summed E-state index contributed by atoms with van der Waals surface area (Å²) >= 11 is 0. The number of rotatable bonds is 6. The Morgan fingerprint density at radius 2 is 1.87 bits per heavy atom. The summed E-state index contributed by atoms with van der Waals surface area (Å²) in [5.41, 5.74) is 0. The van der Waals surface area contributed by atoms with Crippen LogP contribution in [-0.4, -0.2) is 34.2 Å². The van der Waals surface area contributed by atoms with E-state index >= 15 is 0 Å². The van der Waals surface area contributed by atoms with Crippen LogP contribution in [0.25, 0.3) is 0 Å². The first-order valence-electron chi connectivity index (χ1n) is 5.08. The van der Waals surface area contributed by atoms with E-state index in [1.807, 2.05) is 6.92 Å². The molecule has 0 rings (SSSR count). The van der Waals surface area contributed by atoms with Crippen LogP contribution in [0.4, 0.5) is 0 Å². The fraction of sp³-hybridized carbons (Fsp3) is 0.800. The van der Waals surface area contributed by atoms with Gasteiger partial charge in [-0.15, -0.1) is 0 Å². The molecule has 0 saturated carbocycles. The first-order chi connectivity index (χ1) is 6.88. The molecule has 0 radical (unpaired) electrons. The lowest BCUT2D eigenvalue weighted by Gasteiger charge is -2.20. The number of carbonyl (C=O) groups excluding carboxylic acids is 1. The van der Waals surface area contributed by atoms with Crippen molar-refractivity contribution in [2.45, 2.75) is 45.8 Å². The molecular formula is C10H19NO4. The standard InChI is InChI=1S/C10H19NO4/c1-4-6(2)9(10(14)15)11-8(13)5-7(3)12/h6-7,9,12H,4-5H2,1-3H3,(H,11,13)(H,14,15)/t6-,7?,9-/m0/s1. The average molecular weight is 217 g/mol. The van der Waals surface area contributed by atoms with E-state index in [1.54, 1.807) is 6.92 Å². The summed E-state index contributed by atoms with van der Waals surface area (Å²) in [5, 5.41) is 20.2. The Bertz CT molecular complexity index is 227. The number of nitrogens with one attached hydrogen (secondary N) is 1. The molecule has 5 nitrogen and oxygen atoms in total. The molecule has 88 valence electrons. The van der Waals surface area contributed by atoms with Crippen LogP contribution >= 0.6 is 0 Å². The van der Waals surface area contributed by atoms with Gasteiger partial charge in [-0.2, -0.15) is 0 Å². The van der Waals surface area contributed by atoms with E-state index < -0.39 is 24.0 Å². The molecule has 0 aromatic carbocycles. The first-order valence-corrected chi connectivity index (χ1v) is 5.08. The fourth-order valence-electron chi connectivity index (χ4n) is 1.18. The van der Waals surface area contributed by atoms with Gasteiger partial charge in [0.2, 0.25) is 5.91 Å². The second-order valence-electron chi connectivity index (χ2n) is 3.82. The van der Waals surface area contributed by atoms with Gasteiger partial charge in [-0.1, -0.05) is 20.3 Å². The van der Waals surface area contributed by atoms with Gasteiger partial charge in [-0.05, 0) is 12.8 Å². The molecular weight excluding hydrogens is 198 g/mol. The van der Waals surface area contributed by atoms with Crippen LogP contribution < -0.4 is 5.32 Å². The van der Waals surface area contributed by atoms with Crippen LogP contribution in [0.2, 0.25) is 0 Å². The molecule has 0 aromatic rings. The van der Waals surface area contributed by atoms with Gasteiger partial charge < -0.3 is 15.5 Å². The summed E-state index contributed by atoms with van der Waals surface area (Å²) in [6, 6.07) is -0.874. The van der Waals surface area contributed by atoms with E-state index in [-0.39, 0.29) is 12.3 Å². The van der Waals surface area contributed by atoms with E-state index in [0.29, 0.717) is 6.42 Å². The SMILES string of the molecule is CC[C@H](C)[C@H](NC(=O)CC(C)O)C(=O)O. The third-order valence-electron chi connectivity index (χ3n) is 2.28. The maximum atomic E-state index is 11.3. The van der Waals surface area contributed by atoms with E-state index in [9.17, 15) is 9.59 Å². The first kappa shape index (κ1) is 13.9. The predicted octanol–water partition coefficient (Wildman–Crippen LogP) is 0.373. The van der Waals surface area contributed by atoms with E-state index in [4.69, 9.17) is 10.2 Å². The number of aliphatic carboxylic acids is 1. The maximum Gasteiger partial charge on any atom is 0.326 e. The van der Waals surface area contributed by atoms with Crippen LogP contribution in [0.15, 0.2) is 0 Å². The number of hydrogen-bond donors (Lipinski definition) is 3. The van der Waals surface area contributed by atoms with Crippen molar-refractivity contribution in [3.63, 3.8) is 0 Å². The van der Waals surface area contributed by atoms with Gasteiger partial charge in [0.05, 0.1) is 12.5 Å². The number of amides is 1. The molecule has 1 amide bonds. The molecule has 0 aliphatic rings. The summed E-state index contributed by atoms with van der Waals surface area (Å²) in [6.45, 7) is 5.11. The predicted molar refractivity (Wildman–Crippen MR) is 55.3 cm³/mol. The van der Waals surface area contributed by atoms with Crippen LogP contribution in [-0.2, 0) is 9.59 Å². The second kappa shape index (κ2) is 6.40. The highest BCUT2D eigenvalue weighted by Gasteiger charge is 2.25. The molecule has 0 spiro atoms. The number of carbonyl (C=O) groups is 2. The van der Waals surface area contributed by atoms with Crippen LogP contribution in [0.3, 0.4) is 0 Å². The van der Waals surface area contributed by atoms with Crippen molar-refractivity contribution < 1.29 is 19.8 Å². The van der Waals surface area contributed by atoms with Crippen molar-refractivity contribution in [1.29, 1.82) is 0 Å². The lowest BCUT2D eigenvalue weighted by Crippen LogP contribution is -2.45. The molecule has 0 aliphatic heterocycles. The molecule has 0 aromatic heterocycles. The zero-order valence-corrected chi connectivity index (χ0v) is 9.36. The summed E-state index contributed by atoms with van der Waals surface area (Å²) in [5.74, 6) is -1.60. The normalized spacial score (nSPS) is 16.5. The zero-order valence-electron chi connectivity index (χ0n) is 9.36. The van der Waals surface area contributed by atoms with Gasteiger partial charge in [-0.25, -0.2) is 4.79 Å². The minimum atomic E-state index is -1.04. The van der Waals surface area contributed by atoms with E-state index in [0.717, 1.165) is 0 Å². The zero-order chi connectivity index (χ0) is 12.0. The maximum absolute atomic E-state index is 11.3. The topological polar surface area (TPSA) is 86.6 Å². The molecule has 3 N–H and O–H groups in total. The van der Waals surface area contributed by atoms with Crippen molar-refractivity contribution in [2.75, 3.05) is 0 Å². The number of aliphatic hydroxyl groups excluding tert-OH is 1. The highest BCUT2D eigenvalue weighted by molar-refractivity contribution is 5.83. The molecule has 0 aliphatic carbocycles. The monoisotopic (exact) mass is 217 g/mol. The van der Waals surface area contributed by atoms with Crippen LogP contribution in [0.1, 0.15) is 33.6 Å². The molecule has 1 unspecified atom stereocenters. The highest BCUT2D eigenvalue weighted by Crippen LogP contribution is 2.08. The summed E-state index contributed by atoms with van der Waals surface area (Å²) in [7, 11) is 0. The van der Waals surface area contributed by atoms with Crippen LogP contribution in [0, 0.1) is 5.92 Å². The van der Waals surface area contributed by atoms with Crippen molar-refractivity contribution in [1.82, 2.24) is 5.32 Å². The third kappa shape index (κ3) is 5.37. The minimum absolute atomic E-state index is 0.0692. The molecule has 15 heavy (non-hydrogen) atoms. The Kier molecular flexibility index (Phi) is 5.93. The summed E-state index contributed by atoms with van der Waals surface area (Å²) in [4.78, 5) is 22.1. The molecule has 0 fully saturated rings. The van der Waals surface area contributed by atoms with Gasteiger partial charge in [0.15, 0.2) is 0 Å². The fourth-order valence-corrected chi connectivity index (χ4v) is 1.18. The Balaban J connectivity index is 4.29. The van der Waals surface area contributed by atoms with Gasteiger partial charge >= 0.3 is 5.97 Å². The summed E-state index contributed by atoms with van der Waals surface area (Å²) in [6.07, 6.45) is -0.150. The smallest absolute Gasteiger partial charge is 0.326 e. The van der Waals surface area contributed by atoms with Gasteiger partial charge in [0.25, 0.3) is 0 Å². The van der Waals surface area contributed by atoms with Crippen molar-refractivity contribution in [3.05, 3.63) is 0 Å². The number of carboxylic acid groups (broad SMARTS) is 1. The number of hydrogen-bond acceptors (Lipinski definition) is 3. The molecule has 0 saturated heterocycles. The Hall–Kier alpha value is -1.10. The Morgan fingerprint density at radius 3 is 2.20 bits per heavy atom. The molecule has 0 heterocycles. The highest BCUT2D eigenvalue weighted by atomic mass is 16.4. The number of carboxylic acids is 1. The molecule has 5 heteroatoms. The largest absolute Gasteiger partial charge is 0.480 e. The minimum Gasteiger partial charge on any atom is -0.480 e.